The quantitative estimate of drug-likeness (QED) is 0.393. The highest BCUT2D eigenvalue weighted by molar-refractivity contribution is 6.20. The van der Waals surface area contributed by atoms with Gasteiger partial charge in [-0.1, -0.05) is 56.3 Å². The molecule has 0 N–H and O–H groups in total. The maximum absolute atomic E-state index is 14.5. The normalized spacial score (nSPS) is 17.1. The van der Waals surface area contributed by atoms with Gasteiger partial charge in [0.15, 0.2) is 0 Å². The van der Waals surface area contributed by atoms with E-state index < -0.39 is 17.7 Å². The van der Waals surface area contributed by atoms with Crippen molar-refractivity contribution >= 4 is 17.4 Å². The Bertz CT molecular complexity index is 936. The molecule has 0 spiro atoms. The zero-order valence-electron chi connectivity index (χ0n) is 18.5. The zero-order chi connectivity index (χ0) is 22.8. The van der Waals surface area contributed by atoms with Gasteiger partial charge in [-0.2, -0.15) is 0 Å². The zero-order valence-corrected chi connectivity index (χ0v) is 18.5. The Morgan fingerprint density at radius 1 is 1.07 bits per heavy atom. The first kappa shape index (κ1) is 23.5. The van der Waals surface area contributed by atoms with Crippen molar-refractivity contribution in [3.8, 4) is 0 Å². The van der Waals surface area contributed by atoms with Gasteiger partial charge < -0.3 is 0 Å². The van der Waals surface area contributed by atoms with Crippen molar-refractivity contribution in [2.24, 2.45) is 5.92 Å². The van der Waals surface area contributed by atoms with Gasteiger partial charge in [0, 0.05) is 29.3 Å². The Morgan fingerprint density at radius 2 is 1.57 bits per heavy atom. The Kier molecular flexibility index (Phi) is 6.96. The Balaban J connectivity index is 2.56. The molecule has 3 nitrogen and oxygen atoms in total. The van der Waals surface area contributed by atoms with Crippen molar-refractivity contribution in [1.82, 2.24) is 4.90 Å². The SMILES string of the molecule is C=C(/C(=C\C=C(/C(C)CC)N1C(=O)C(C)=C(C)C1=O)C(C)(F)F)c1ccc(C)cc1. The molecule has 2 amide bonds. The van der Waals surface area contributed by atoms with Gasteiger partial charge in [0.25, 0.3) is 17.7 Å². The molecule has 0 saturated heterocycles. The molecular formula is C25H29F2NO2. The first-order valence-corrected chi connectivity index (χ1v) is 10.0. The minimum atomic E-state index is -3.15. The molecule has 0 aromatic heterocycles. The van der Waals surface area contributed by atoms with Crippen LogP contribution in [-0.4, -0.2) is 22.6 Å². The van der Waals surface area contributed by atoms with Gasteiger partial charge >= 0.3 is 0 Å². The highest BCUT2D eigenvalue weighted by Crippen LogP contribution is 2.35. The van der Waals surface area contributed by atoms with Crippen LogP contribution in [0.5, 0.6) is 0 Å². The van der Waals surface area contributed by atoms with E-state index in [0.29, 0.717) is 28.8 Å². The average molecular weight is 414 g/mol. The first-order valence-electron chi connectivity index (χ1n) is 10.0. The van der Waals surface area contributed by atoms with Crippen molar-refractivity contribution in [1.29, 1.82) is 0 Å². The number of alkyl halides is 2. The molecule has 0 bridgehead atoms. The van der Waals surface area contributed by atoms with E-state index in [1.54, 1.807) is 26.0 Å². The summed E-state index contributed by atoms with van der Waals surface area (Å²) in [7, 11) is 0. The molecule has 0 saturated carbocycles. The fraction of sp³-hybridized carbons (Fsp3) is 0.360. The molecule has 160 valence electrons. The number of imide groups is 1. The van der Waals surface area contributed by atoms with Gasteiger partial charge in [-0.15, -0.1) is 0 Å². The highest BCUT2D eigenvalue weighted by Gasteiger charge is 2.37. The molecule has 1 heterocycles. The van der Waals surface area contributed by atoms with Gasteiger partial charge in [-0.05, 0) is 50.3 Å². The fourth-order valence-corrected chi connectivity index (χ4v) is 3.24. The lowest BCUT2D eigenvalue weighted by molar-refractivity contribution is -0.135. The van der Waals surface area contributed by atoms with E-state index in [-0.39, 0.29) is 17.1 Å². The second kappa shape index (κ2) is 8.90. The van der Waals surface area contributed by atoms with E-state index in [1.165, 1.54) is 12.2 Å². The number of carbonyl (C=O) groups excluding carboxylic acids is 2. The number of halogens is 2. The molecule has 1 atom stereocenters. The maximum Gasteiger partial charge on any atom is 0.271 e. The number of allylic oxidation sites excluding steroid dienone is 5. The molecule has 5 heteroatoms. The fourth-order valence-electron chi connectivity index (χ4n) is 3.24. The van der Waals surface area contributed by atoms with Crippen LogP contribution in [0.2, 0.25) is 0 Å². The van der Waals surface area contributed by atoms with Gasteiger partial charge in [-0.25, -0.2) is 13.7 Å². The predicted molar refractivity (Wildman–Crippen MR) is 117 cm³/mol. The molecule has 1 aliphatic rings. The summed E-state index contributed by atoms with van der Waals surface area (Å²) in [6, 6.07) is 7.18. The summed E-state index contributed by atoms with van der Waals surface area (Å²) in [6.45, 7) is 13.6. The smallest absolute Gasteiger partial charge is 0.269 e. The number of amides is 2. The second-order valence-electron chi connectivity index (χ2n) is 7.91. The minimum Gasteiger partial charge on any atom is -0.269 e. The molecular weight excluding hydrogens is 384 g/mol. The van der Waals surface area contributed by atoms with Crippen molar-refractivity contribution < 1.29 is 18.4 Å². The number of hydrogen-bond donors (Lipinski definition) is 0. The highest BCUT2D eigenvalue weighted by atomic mass is 19.3. The van der Waals surface area contributed by atoms with Gasteiger partial charge in [0.05, 0.1) is 0 Å². The van der Waals surface area contributed by atoms with E-state index in [1.807, 2.05) is 32.9 Å². The topological polar surface area (TPSA) is 37.4 Å². The van der Waals surface area contributed by atoms with Crippen LogP contribution < -0.4 is 0 Å². The third-order valence-corrected chi connectivity index (χ3v) is 5.60. The van der Waals surface area contributed by atoms with E-state index in [4.69, 9.17) is 0 Å². The van der Waals surface area contributed by atoms with E-state index in [0.717, 1.165) is 17.4 Å². The number of nitrogens with zero attached hydrogens (tertiary/aromatic N) is 1. The lowest BCUT2D eigenvalue weighted by atomic mass is 9.93. The van der Waals surface area contributed by atoms with Crippen molar-refractivity contribution in [2.75, 3.05) is 0 Å². The number of carbonyl (C=O) groups is 2. The molecule has 1 unspecified atom stereocenters. The molecule has 0 fully saturated rings. The molecule has 0 aliphatic carbocycles. The molecule has 0 radical (unpaired) electrons. The van der Waals surface area contributed by atoms with Crippen LogP contribution in [0.15, 0.2) is 65.4 Å². The van der Waals surface area contributed by atoms with Crippen molar-refractivity contribution in [3.63, 3.8) is 0 Å². The van der Waals surface area contributed by atoms with Crippen molar-refractivity contribution in [2.45, 2.75) is 53.9 Å². The summed E-state index contributed by atoms with van der Waals surface area (Å²) in [5.74, 6) is -4.13. The number of benzene rings is 1. The summed E-state index contributed by atoms with van der Waals surface area (Å²) in [4.78, 5) is 26.4. The Morgan fingerprint density at radius 3 is 2.00 bits per heavy atom. The summed E-state index contributed by atoms with van der Waals surface area (Å²) >= 11 is 0. The number of aryl methyl sites for hydroxylation is 1. The van der Waals surface area contributed by atoms with Gasteiger partial charge in [-0.3, -0.25) is 9.59 Å². The van der Waals surface area contributed by atoms with Crippen LogP contribution in [-0.2, 0) is 9.59 Å². The second-order valence-corrected chi connectivity index (χ2v) is 7.91. The van der Waals surface area contributed by atoms with E-state index in [9.17, 15) is 18.4 Å². The third-order valence-electron chi connectivity index (χ3n) is 5.60. The minimum absolute atomic E-state index is 0.174. The molecule has 1 aliphatic heterocycles. The third kappa shape index (κ3) is 4.66. The van der Waals surface area contributed by atoms with Crippen molar-refractivity contribution in [3.05, 3.63) is 76.5 Å². The molecule has 2 rings (SSSR count). The van der Waals surface area contributed by atoms with Crippen LogP contribution in [0, 0.1) is 12.8 Å². The summed E-state index contributed by atoms with van der Waals surface area (Å²) in [6.07, 6.45) is 3.39. The van der Waals surface area contributed by atoms with E-state index in [2.05, 4.69) is 6.58 Å². The average Bonchev–Trinajstić information content (AvgIpc) is 2.87. The van der Waals surface area contributed by atoms with Gasteiger partial charge in [0.1, 0.15) is 0 Å². The molecule has 1 aromatic carbocycles. The van der Waals surface area contributed by atoms with Crippen LogP contribution >= 0.6 is 0 Å². The van der Waals surface area contributed by atoms with Crippen LogP contribution in [0.3, 0.4) is 0 Å². The molecule has 1 aromatic rings. The summed E-state index contributed by atoms with van der Waals surface area (Å²) in [5.41, 5.74) is 2.71. The maximum atomic E-state index is 14.5. The summed E-state index contributed by atoms with van der Waals surface area (Å²) in [5, 5.41) is 0. The van der Waals surface area contributed by atoms with Crippen LogP contribution in [0.4, 0.5) is 8.78 Å². The Hall–Kier alpha value is -2.82. The number of hydrogen-bond acceptors (Lipinski definition) is 2. The predicted octanol–water partition coefficient (Wildman–Crippen LogP) is 6.23. The Labute approximate surface area is 177 Å². The molecule has 30 heavy (non-hydrogen) atoms. The lowest BCUT2D eigenvalue weighted by Gasteiger charge is -2.24. The monoisotopic (exact) mass is 413 g/mol. The van der Waals surface area contributed by atoms with E-state index >= 15 is 0 Å². The number of rotatable bonds is 7. The van der Waals surface area contributed by atoms with Crippen LogP contribution in [0.1, 0.15) is 52.2 Å². The standard InChI is InChI=1S/C25H29F2NO2/c1-8-16(3)22(28-23(29)17(4)18(5)24(28)30)14-13-21(25(7,26)27)19(6)20-11-9-15(2)10-12-20/h9-14,16H,6,8H2,1-5,7H3/b21-13+,22-14+. The first-order chi connectivity index (χ1) is 13.9. The van der Waals surface area contributed by atoms with Crippen LogP contribution in [0.25, 0.3) is 5.57 Å². The summed E-state index contributed by atoms with van der Waals surface area (Å²) < 4.78 is 29.0. The lowest BCUT2D eigenvalue weighted by Crippen LogP contribution is -2.33. The largest absolute Gasteiger partial charge is 0.271 e. The van der Waals surface area contributed by atoms with Gasteiger partial charge in [0.2, 0.25) is 0 Å².